The highest BCUT2D eigenvalue weighted by Gasteiger charge is 2.26. The lowest BCUT2D eigenvalue weighted by molar-refractivity contribution is -0.126. The van der Waals surface area contributed by atoms with Gasteiger partial charge in [-0.25, -0.2) is 4.98 Å². The van der Waals surface area contributed by atoms with Crippen LogP contribution in [0, 0.1) is 11.8 Å². The van der Waals surface area contributed by atoms with E-state index in [0.29, 0.717) is 24.4 Å². The Morgan fingerprint density at radius 2 is 1.83 bits per heavy atom. The van der Waals surface area contributed by atoms with E-state index in [1.54, 1.807) is 17.1 Å². The fourth-order valence-corrected chi connectivity index (χ4v) is 4.13. The fraction of sp³-hybridized carbons (Fsp3) is 0.391. The minimum absolute atomic E-state index is 0.0185. The Morgan fingerprint density at radius 3 is 2.62 bits per heavy atom. The van der Waals surface area contributed by atoms with Gasteiger partial charge < -0.3 is 5.32 Å². The second-order valence-electron chi connectivity index (χ2n) is 7.80. The Kier molecular flexibility index (Phi) is 5.98. The monoisotopic (exact) mass is 390 g/mol. The van der Waals surface area contributed by atoms with Crippen LogP contribution in [0.5, 0.6) is 0 Å². The van der Waals surface area contributed by atoms with E-state index < -0.39 is 0 Å². The molecule has 1 aromatic carbocycles. The van der Waals surface area contributed by atoms with E-state index in [4.69, 9.17) is 0 Å². The summed E-state index contributed by atoms with van der Waals surface area (Å²) in [5, 5.41) is 3.71. The zero-order valence-electron chi connectivity index (χ0n) is 16.5. The van der Waals surface area contributed by atoms with Gasteiger partial charge in [0.2, 0.25) is 5.91 Å². The summed E-state index contributed by atoms with van der Waals surface area (Å²) in [6.07, 6.45) is 7.83. The average molecular weight is 390 g/mol. The van der Waals surface area contributed by atoms with Crippen molar-refractivity contribution in [1.29, 1.82) is 0 Å². The van der Waals surface area contributed by atoms with Crippen LogP contribution in [0.3, 0.4) is 0 Å². The topological polar surface area (TPSA) is 76.9 Å². The summed E-state index contributed by atoms with van der Waals surface area (Å²) in [7, 11) is 0. The van der Waals surface area contributed by atoms with E-state index in [0.717, 1.165) is 43.3 Å². The number of fused-ring (bicyclic) bond motifs is 1. The van der Waals surface area contributed by atoms with Crippen LogP contribution in [0.25, 0.3) is 10.9 Å². The zero-order valence-corrected chi connectivity index (χ0v) is 16.5. The van der Waals surface area contributed by atoms with Crippen molar-refractivity contribution in [3.8, 4) is 0 Å². The van der Waals surface area contributed by atoms with E-state index in [9.17, 15) is 9.59 Å². The van der Waals surface area contributed by atoms with Crippen LogP contribution in [0.2, 0.25) is 0 Å². The smallest absolute Gasteiger partial charge is 0.261 e. The van der Waals surface area contributed by atoms with Crippen LogP contribution in [-0.4, -0.2) is 27.0 Å². The molecule has 6 heteroatoms. The molecule has 1 fully saturated rings. The maximum absolute atomic E-state index is 12.7. The van der Waals surface area contributed by atoms with Crippen molar-refractivity contribution in [1.82, 2.24) is 19.9 Å². The van der Waals surface area contributed by atoms with Gasteiger partial charge in [0.1, 0.15) is 0 Å². The molecule has 0 bridgehead atoms. The number of nitrogens with one attached hydrogen (secondary N) is 1. The number of hydrogen-bond donors (Lipinski definition) is 1. The number of para-hydroxylation sites is 1. The molecule has 1 aliphatic carbocycles. The minimum atomic E-state index is 0.0185. The lowest BCUT2D eigenvalue weighted by Crippen LogP contribution is -2.35. The Bertz CT molecular complexity index is 1020. The van der Waals surface area contributed by atoms with Crippen LogP contribution in [0.4, 0.5) is 0 Å². The van der Waals surface area contributed by atoms with Gasteiger partial charge in [-0.05, 0) is 55.9 Å². The number of carbonyl (C=O) groups excluding carboxylic acids is 1. The van der Waals surface area contributed by atoms with Gasteiger partial charge in [-0.3, -0.25) is 19.1 Å². The van der Waals surface area contributed by atoms with Crippen LogP contribution in [0.1, 0.15) is 31.4 Å². The van der Waals surface area contributed by atoms with Gasteiger partial charge in [-0.15, -0.1) is 0 Å². The molecule has 1 amide bonds. The van der Waals surface area contributed by atoms with Gasteiger partial charge in [0, 0.05) is 37.3 Å². The fourth-order valence-electron chi connectivity index (χ4n) is 4.13. The van der Waals surface area contributed by atoms with Gasteiger partial charge in [0.25, 0.3) is 5.56 Å². The Labute approximate surface area is 170 Å². The normalized spacial score (nSPS) is 19.2. The zero-order chi connectivity index (χ0) is 20.1. The summed E-state index contributed by atoms with van der Waals surface area (Å²) in [5.41, 5.74) is 1.75. The van der Waals surface area contributed by atoms with Gasteiger partial charge in [0.05, 0.1) is 17.2 Å². The number of pyridine rings is 1. The number of amides is 1. The molecule has 3 aromatic rings. The highest BCUT2D eigenvalue weighted by Crippen LogP contribution is 2.29. The van der Waals surface area contributed by atoms with Crippen LogP contribution < -0.4 is 10.9 Å². The molecule has 1 saturated carbocycles. The number of aromatic nitrogens is 3. The molecule has 0 spiro atoms. The summed E-state index contributed by atoms with van der Waals surface area (Å²) in [6, 6.07) is 13.3. The summed E-state index contributed by atoms with van der Waals surface area (Å²) < 4.78 is 1.72. The third-order valence-corrected chi connectivity index (χ3v) is 5.81. The summed E-state index contributed by atoms with van der Waals surface area (Å²) in [4.78, 5) is 33.8. The van der Waals surface area contributed by atoms with Crippen LogP contribution in [0.15, 0.2) is 59.8 Å². The molecule has 0 unspecified atom stereocenters. The van der Waals surface area contributed by atoms with Crippen molar-refractivity contribution in [2.75, 3.05) is 6.54 Å². The predicted octanol–water partition coefficient (Wildman–Crippen LogP) is 2.96. The number of benzene rings is 1. The average Bonchev–Trinajstić information content (AvgIpc) is 2.77. The summed E-state index contributed by atoms with van der Waals surface area (Å²) >= 11 is 0. The molecule has 29 heavy (non-hydrogen) atoms. The van der Waals surface area contributed by atoms with Crippen molar-refractivity contribution >= 4 is 16.8 Å². The first-order valence-electron chi connectivity index (χ1n) is 10.3. The number of nitrogens with zero attached hydrogens (tertiary/aromatic N) is 3. The van der Waals surface area contributed by atoms with E-state index in [-0.39, 0.29) is 17.4 Å². The SMILES string of the molecule is O=C(NCCc1ccccn1)C1CCC(Cn2cnc3ccccc3c2=O)CC1. The highest BCUT2D eigenvalue weighted by molar-refractivity contribution is 5.78. The van der Waals surface area contributed by atoms with Crippen molar-refractivity contribution in [3.63, 3.8) is 0 Å². The molecular formula is C23H26N4O2. The second-order valence-corrected chi connectivity index (χ2v) is 7.80. The predicted molar refractivity (Wildman–Crippen MR) is 112 cm³/mol. The molecule has 0 atom stereocenters. The van der Waals surface area contributed by atoms with Gasteiger partial charge in [0.15, 0.2) is 0 Å². The van der Waals surface area contributed by atoms with Gasteiger partial charge >= 0.3 is 0 Å². The van der Waals surface area contributed by atoms with Crippen molar-refractivity contribution in [3.05, 3.63) is 71.0 Å². The van der Waals surface area contributed by atoms with Crippen molar-refractivity contribution in [2.45, 2.75) is 38.6 Å². The third kappa shape index (κ3) is 4.70. The number of hydrogen-bond acceptors (Lipinski definition) is 4. The Morgan fingerprint density at radius 1 is 1.03 bits per heavy atom. The van der Waals surface area contributed by atoms with E-state index >= 15 is 0 Å². The van der Waals surface area contributed by atoms with Crippen molar-refractivity contribution < 1.29 is 4.79 Å². The molecule has 0 saturated heterocycles. The Balaban J connectivity index is 1.27. The molecule has 2 aromatic heterocycles. The van der Waals surface area contributed by atoms with Gasteiger partial charge in [-0.1, -0.05) is 18.2 Å². The molecule has 6 nitrogen and oxygen atoms in total. The maximum Gasteiger partial charge on any atom is 0.261 e. The molecule has 2 heterocycles. The van der Waals surface area contributed by atoms with E-state index in [1.807, 2.05) is 42.5 Å². The number of rotatable bonds is 6. The largest absolute Gasteiger partial charge is 0.355 e. The van der Waals surface area contributed by atoms with Gasteiger partial charge in [-0.2, -0.15) is 0 Å². The molecule has 1 N–H and O–H groups in total. The molecule has 1 aliphatic rings. The molecule has 0 aliphatic heterocycles. The van der Waals surface area contributed by atoms with E-state index in [1.165, 1.54) is 0 Å². The Hall–Kier alpha value is -3.02. The maximum atomic E-state index is 12.7. The van der Waals surface area contributed by atoms with Crippen LogP contribution >= 0.6 is 0 Å². The lowest BCUT2D eigenvalue weighted by atomic mass is 9.81. The van der Waals surface area contributed by atoms with Crippen molar-refractivity contribution in [2.24, 2.45) is 11.8 Å². The first-order valence-corrected chi connectivity index (χ1v) is 10.3. The minimum Gasteiger partial charge on any atom is -0.355 e. The highest BCUT2D eigenvalue weighted by atomic mass is 16.2. The molecular weight excluding hydrogens is 364 g/mol. The molecule has 0 radical (unpaired) electrons. The molecule has 150 valence electrons. The lowest BCUT2D eigenvalue weighted by Gasteiger charge is -2.28. The van der Waals surface area contributed by atoms with E-state index in [2.05, 4.69) is 15.3 Å². The van der Waals surface area contributed by atoms with Crippen LogP contribution in [-0.2, 0) is 17.8 Å². The standard InChI is InChI=1S/C23H26N4O2/c28-22(25-14-12-19-5-3-4-13-24-19)18-10-8-17(9-11-18)15-27-16-26-21-7-2-1-6-20(21)23(27)29/h1-7,13,16-18H,8-12,14-15H2,(H,25,28). The second kappa shape index (κ2) is 8.99. The molecule has 4 rings (SSSR count). The summed E-state index contributed by atoms with van der Waals surface area (Å²) in [6.45, 7) is 1.29. The first-order chi connectivity index (χ1) is 14.2. The third-order valence-electron chi connectivity index (χ3n) is 5.81. The number of carbonyl (C=O) groups is 1. The summed E-state index contributed by atoms with van der Waals surface area (Å²) in [5.74, 6) is 0.624. The first kappa shape index (κ1) is 19.3. The quantitative estimate of drug-likeness (QED) is 0.702.